The summed E-state index contributed by atoms with van der Waals surface area (Å²) in [6.45, 7) is 6.36. The van der Waals surface area contributed by atoms with Crippen LogP contribution in [0.5, 0.6) is 5.88 Å². The topological polar surface area (TPSA) is 125 Å². The number of aliphatic hydroxyl groups is 1. The Hall–Kier alpha value is -2.80. The normalized spacial score (nSPS) is 13.9. The molecule has 1 saturated carbocycles. The molecule has 0 saturated heterocycles. The fourth-order valence-electron chi connectivity index (χ4n) is 3.66. The Kier molecular flexibility index (Phi) is 10.1. The number of carbonyl (C=O) groups excluding carboxylic acids is 1. The van der Waals surface area contributed by atoms with Crippen LogP contribution >= 0.6 is 23.3 Å². The Bertz CT molecular complexity index is 1150. The van der Waals surface area contributed by atoms with E-state index in [1.807, 2.05) is 19.1 Å². The van der Waals surface area contributed by atoms with E-state index in [-0.39, 0.29) is 18.6 Å². The average molecular weight is 544 g/mol. The molecule has 0 spiro atoms. The molecule has 0 aromatic carbocycles. The van der Waals surface area contributed by atoms with Gasteiger partial charge in [0.15, 0.2) is 5.01 Å². The summed E-state index contributed by atoms with van der Waals surface area (Å²) in [4.78, 5) is 33.7. The van der Waals surface area contributed by atoms with Crippen molar-refractivity contribution in [3.8, 4) is 16.5 Å². The lowest BCUT2D eigenvalue weighted by atomic mass is 10.1. The van der Waals surface area contributed by atoms with Crippen LogP contribution in [0.25, 0.3) is 10.6 Å². The van der Waals surface area contributed by atoms with Gasteiger partial charge in [0.1, 0.15) is 5.69 Å². The third-order valence-electron chi connectivity index (χ3n) is 5.57. The SMILES string of the molecule is CCCN(CCO)CC(NC(=O)c1ncc(-c2cncc(OCC)n2)s1)c1cc(NSC2CC2)ccn1. The second kappa shape index (κ2) is 13.7. The van der Waals surface area contributed by atoms with Gasteiger partial charge in [0.25, 0.3) is 5.91 Å². The third-order valence-corrected chi connectivity index (χ3v) is 7.74. The van der Waals surface area contributed by atoms with Crippen LogP contribution in [0.15, 0.2) is 36.9 Å². The van der Waals surface area contributed by atoms with Gasteiger partial charge in [0, 0.05) is 36.4 Å². The quantitative estimate of drug-likeness (QED) is 0.244. The van der Waals surface area contributed by atoms with E-state index >= 15 is 0 Å². The molecule has 3 aromatic heterocycles. The number of amides is 1. The fraction of sp³-hybridized carbons (Fsp3) is 0.480. The van der Waals surface area contributed by atoms with Crippen LogP contribution in [-0.4, -0.2) is 73.9 Å². The van der Waals surface area contributed by atoms with Crippen LogP contribution in [0.4, 0.5) is 5.69 Å². The standard InChI is InChI=1S/C25H33N7O3S2/c1-3-9-32(10-11-33)16-21(19-12-17(7-8-27-19)31-37-18-5-6-18)30-24(34)25-28-14-22(36-25)20-13-26-15-23(29-20)35-4-2/h7-8,12-15,18,21,33H,3-6,9-11,16H2,1-2H3,(H,27,31)(H,30,34). The van der Waals surface area contributed by atoms with Crippen LogP contribution in [0, 0.1) is 0 Å². The zero-order chi connectivity index (χ0) is 26.0. The van der Waals surface area contributed by atoms with Gasteiger partial charge in [0.05, 0.1) is 42.2 Å². The summed E-state index contributed by atoms with van der Waals surface area (Å²) >= 11 is 2.97. The minimum atomic E-state index is -0.383. The van der Waals surface area contributed by atoms with Gasteiger partial charge >= 0.3 is 0 Å². The maximum absolute atomic E-state index is 13.3. The van der Waals surface area contributed by atoms with E-state index in [0.717, 1.165) is 29.2 Å². The Morgan fingerprint density at radius 1 is 1.27 bits per heavy atom. The monoisotopic (exact) mass is 543 g/mol. The van der Waals surface area contributed by atoms with Crippen molar-refractivity contribution in [3.63, 3.8) is 0 Å². The number of nitrogens with one attached hydrogen (secondary N) is 2. The lowest BCUT2D eigenvalue weighted by Gasteiger charge is -2.27. The highest BCUT2D eigenvalue weighted by Crippen LogP contribution is 2.34. The number of aromatic nitrogens is 4. The Labute approximate surface area is 225 Å². The lowest BCUT2D eigenvalue weighted by Crippen LogP contribution is -2.40. The van der Waals surface area contributed by atoms with Gasteiger partial charge in [-0.05, 0) is 56.8 Å². The summed E-state index contributed by atoms with van der Waals surface area (Å²) in [6.07, 6.45) is 9.97. The Morgan fingerprint density at radius 2 is 2.14 bits per heavy atom. The highest BCUT2D eigenvalue weighted by Gasteiger charge is 2.24. The number of hydrogen-bond donors (Lipinski definition) is 3. The molecule has 3 N–H and O–H groups in total. The molecule has 1 amide bonds. The molecule has 1 fully saturated rings. The van der Waals surface area contributed by atoms with Crippen molar-refractivity contribution in [3.05, 3.63) is 47.6 Å². The van der Waals surface area contributed by atoms with Crippen molar-refractivity contribution in [2.45, 2.75) is 44.4 Å². The van der Waals surface area contributed by atoms with Gasteiger partial charge in [0.2, 0.25) is 5.88 Å². The number of rotatable bonds is 15. The molecule has 0 aliphatic heterocycles. The second-order valence-corrected chi connectivity index (χ2v) is 10.8. The van der Waals surface area contributed by atoms with E-state index in [9.17, 15) is 9.90 Å². The lowest BCUT2D eigenvalue weighted by molar-refractivity contribution is 0.0918. The van der Waals surface area contributed by atoms with E-state index < -0.39 is 0 Å². The summed E-state index contributed by atoms with van der Waals surface area (Å²) in [5.41, 5.74) is 2.31. The van der Waals surface area contributed by atoms with E-state index in [1.165, 1.54) is 24.2 Å². The maximum atomic E-state index is 13.3. The maximum Gasteiger partial charge on any atom is 0.280 e. The molecule has 3 aromatic rings. The van der Waals surface area contributed by atoms with Crippen LogP contribution in [0.3, 0.4) is 0 Å². The van der Waals surface area contributed by atoms with E-state index in [1.54, 1.807) is 36.7 Å². The molecule has 4 rings (SSSR count). The van der Waals surface area contributed by atoms with E-state index in [0.29, 0.717) is 41.5 Å². The number of thiazole rings is 1. The fourth-order valence-corrected chi connectivity index (χ4v) is 5.24. The molecule has 1 aliphatic carbocycles. The number of nitrogens with zero attached hydrogens (tertiary/aromatic N) is 5. The third kappa shape index (κ3) is 8.09. The second-order valence-electron chi connectivity index (χ2n) is 8.64. The first kappa shape index (κ1) is 27.2. The predicted octanol–water partition coefficient (Wildman–Crippen LogP) is 3.79. The van der Waals surface area contributed by atoms with Crippen molar-refractivity contribution in [2.24, 2.45) is 0 Å². The van der Waals surface area contributed by atoms with Crippen molar-refractivity contribution in [1.82, 2.24) is 30.2 Å². The predicted molar refractivity (Wildman–Crippen MR) is 147 cm³/mol. The van der Waals surface area contributed by atoms with Gasteiger partial charge in [-0.25, -0.2) is 9.97 Å². The van der Waals surface area contributed by atoms with Gasteiger partial charge in [-0.15, -0.1) is 11.3 Å². The van der Waals surface area contributed by atoms with Gasteiger partial charge in [-0.2, -0.15) is 0 Å². The van der Waals surface area contributed by atoms with Gasteiger partial charge in [-0.3, -0.25) is 19.7 Å². The highest BCUT2D eigenvalue weighted by molar-refractivity contribution is 8.01. The molecule has 0 radical (unpaired) electrons. The Morgan fingerprint density at radius 3 is 2.89 bits per heavy atom. The average Bonchev–Trinajstić information content (AvgIpc) is 3.61. The minimum Gasteiger partial charge on any atom is -0.477 e. The summed E-state index contributed by atoms with van der Waals surface area (Å²) in [7, 11) is 0. The van der Waals surface area contributed by atoms with Gasteiger partial charge < -0.3 is 19.9 Å². The van der Waals surface area contributed by atoms with Crippen LogP contribution in [-0.2, 0) is 0 Å². The number of anilines is 1. The molecule has 10 nitrogen and oxygen atoms in total. The Balaban J connectivity index is 1.52. The molecule has 198 valence electrons. The smallest absolute Gasteiger partial charge is 0.280 e. The van der Waals surface area contributed by atoms with Crippen molar-refractivity contribution in [2.75, 3.05) is 37.6 Å². The first-order valence-corrected chi connectivity index (χ1v) is 14.2. The zero-order valence-electron chi connectivity index (χ0n) is 21.1. The summed E-state index contributed by atoms with van der Waals surface area (Å²) in [5, 5.41) is 13.7. The minimum absolute atomic E-state index is 0.0470. The number of hydrogen-bond acceptors (Lipinski definition) is 11. The number of aliphatic hydroxyl groups excluding tert-OH is 1. The van der Waals surface area contributed by atoms with Crippen molar-refractivity contribution in [1.29, 1.82) is 0 Å². The number of ether oxygens (including phenoxy) is 1. The molecular weight excluding hydrogens is 510 g/mol. The molecule has 0 bridgehead atoms. The molecule has 1 aliphatic rings. The molecule has 1 atom stereocenters. The molecule has 12 heteroatoms. The molecule has 3 heterocycles. The van der Waals surface area contributed by atoms with Gasteiger partial charge in [-0.1, -0.05) is 6.92 Å². The molecule has 1 unspecified atom stereocenters. The van der Waals surface area contributed by atoms with E-state index in [4.69, 9.17) is 4.74 Å². The molecule has 37 heavy (non-hydrogen) atoms. The summed E-state index contributed by atoms with van der Waals surface area (Å²) in [6, 6.07) is 3.53. The van der Waals surface area contributed by atoms with E-state index in [2.05, 4.69) is 41.8 Å². The van der Waals surface area contributed by atoms with Crippen LogP contribution in [0.1, 0.15) is 54.6 Å². The first-order chi connectivity index (χ1) is 18.1. The largest absolute Gasteiger partial charge is 0.477 e. The highest BCUT2D eigenvalue weighted by atomic mass is 32.2. The number of pyridine rings is 1. The molecular formula is C25H33N7O3S2. The first-order valence-electron chi connectivity index (χ1n) is 12.5. The summed E-state index contributed by atoms with van der Waals surface area (Å²) in [5.74, 6) is 0.141. The zero-order valence-corrected chi connectivity index (χ0v) is 22.7. The van der Waals surface area contributed by atoms with Crippen LogP contribution in [0.2, 0.25) is 0 Å². The summed E-state index contributed by atoms with van der Waals surface area (Å²) < 4.78 is 8.84. The van der Waals surface area contributed by atoms with Crippen molar-refractivity contribution < 1.29 is 14.6 Å². The van der Waals surface area contributed by atoms with Crippen molar-refractivity contribution >= 4 is 34.9 Å². The number of carbonyl (C=O) groups is 1. The van der Waals surface area contributed by atoms with Crippen LogP contribution < -0.4 is 14.8 Å².